The number of carbonyl (C=O) groups is 2. The smallest absolute Gasteiger partial charge is 0.268 e. The number of rotatable bonds is 1. The van der Waals surface area contributed by atoms with Gasteiger partial charge in [-0.05, 0) is 38.0 Å². The molecular formula is C15H13NO3. The Hall–Kier alpha value is -2.36. The van der Waals surface area contributed by atoms with Crippen LogP contribution in [0, 0.1) is 20.8 Å². The molecule has 1 aliphatic rings. The molecule has 3 rings (SSSR count). The number of furan rings is 1. The quantitative estimate of drug-likeness (QED) is 0.736. The fraction of sp³-hybridized carbons (Fsp3) is 0.200. The molecule has 1 aromatic heterocycles. The highest BCUT2D eigenvalue weighted by Crippen LogP contribution is 2.32. The Balaban J connectivity index is 2.20. The molecule has 0 saturated carbocycles. The number of benzene rings is 1. The van der Waals surface area contributed by atoms with Crippen molar-refractivity contribution in [1.82, 2.24) is 0 Å². The van der Waals surface area contributed by atoms with Crippen LogP contribution in [-0.2, 0) is 0 Å². The molecule has 0 spiro atoms. The van der Waals surface area contributed by atoms with Crippen LogP contribution < -0.4 is 4.90 Å². The van der Waals surface area contributed by atoms with E-state index in [1.807, 2.05) is 26.0 Å². The molecule has 4 heteroatoms. The Kier molecular flexibility index (Phi) is 2.35. The van der Waals surface area contributed by atoms with Crippen molar-refractivity contribution in [3.63, 3.8) is 0 Å². The molecule has 0 N–H and O–H groups in total. The maximum absolute atomic E-state index is 12.4. The monoisotopic (exact) mass is 255 g/mol. The second kappa shape index (κ2) is 3.82. The van der Waals surface area contributed by atoms with E-state index >= 15 is 0 Å². The van der Waals surface area contributed by atoms with Crippen LogP contribution in [0.5, 0.6) is 0 Å². The number of imide groups is 1. The largest absolute Gasteiger partial charge is 0.445 e. The Bertz CT molecular complexity index is 671. The van der Waals surface area contributed by atoms with Crippen LogP contribution in [-0.4, -0.2) is 11.8 Å². The predicted octanol–water partition coefficient (Wildman–Crippen LogP) is 3.01. The summed E-state index contributed by atoms with van der Waals surface area (Å²) in [6, 6.07) is 7.09. The molecule has 96 valence electrons. The van der Waals surface area contributed by atoms with Crippen molar-refractivity contribution in [3.8, 4) is 0 Å². The van der Waals surface area contributed by atoms with Gasteiger partial charge in [0, 0.05) is 6.07 Å². The van der Waals surface area contributed by atoms with E-state index in [9.17, 15) is 9.59 Å². The van der Waals surface area contributed by atoms with Crippen molar-refractivity contribution in [2.24, 2.45) is 0 Å². The molecular weight excluding hydrogens is 242 g/mol. The summed E-state index contributed by atoms with van der Waals surface area (Å²) in [6.45, 7) is 5.44. The summed E-state index contributed by atoms with van der Waals surface area (Å²) in [5.74, 6) is 0.327. The van der Waals surface area contributed by atoms with E-state index in [4.69, 9.17) is 4.42 Å². The van der Waals surface area contributed by atoms with E-state index in [1.165, 1.54) is 0 Å². The van der Waals surface area contributed by atoms with E-state index < -0.39 is 0 Å². The molecule has 0 atom stereocenters. The van der Waals surface area contributed by atoms with Crippen LogP contribution >= 0.6 is 0 Å². The minimum atomic E-state index is -0.310. The third kappa shape index (κ3) is 1.53. The second-order valence-corrected chi connectivity index (χ2v) is 4.78. The summed E-state index contributed by atoms with van der Waals surface area (Å²) < 4.78 is 5.40. The molecule has 0 aliphatic carbocycles. The van der Waals surface area contributed by atoms with Gasteiger partial charge in [-0.15, -0.1) is 0 Å². The highest BCUT2D eigenvalue weighted by Gasteiger charge is 2.40. The number of fused-ring (bicyclic) bond motifs is 1. The lowest BCUT2D eigenvalue weighted by atomic mass is 9.99. The number of aryl methyl sites for hydroxylation is 3. The number of hydrogen-bond donors (Lipinski definition) is 0. The topological polar surface area (TPSA) is 50.5 Å². The van der Waals surface area contributed by atoms with Gasteiger partial charge >= 0.3 is 0 Å². The number of anilines is 1. The first-order valence-corrected chi connectivity index (χ1v) is 6.06. The zero-order valence-corrected chi connectivity index (χ0v) is 11.0. The zero-order chi connectivity index (χ0) is 13.7. The first-order chi connectivity index (χ1) is 9.00. The minimum Gasteiger partial charge on any atom is -0.445 e. The van der Waals surface area contributed by atoms with Gasteiger partial charge in [0.05, 0.1) is 11.1 Å². The summed E-state index contributed by atoms with van der Waals surface area (Å²) in [6.07, 6.45) is 0. The number of hydrogen-bond acceptors (Lipinski definition) is 3. The highest BCUT2D eigenvalue weighted by atomic mass is 16.4. The number of carbonyl (C=O) groups excluding carboxylic acids is 2. The molecule has 2 heterocycles. The Labute approximate surface area is 110 Å². The molecule has 1 aliphatic heterocycles. The van der Waals surface area contributed by atoms with Gasteiger partial charge in [0.15, 0.2) is 0 Å². The van der Waals surface area contributed by atoms with Gasteiger partial charge in [0.2, 0.25) is 5.88 Å². The summed E-state index contributed by atoms with van der Waals surface area (Å²) in [4.78, 5) is 26.0. The van der Waals surface area contributed by atoms with Crippen LogP contribution in [0.1, 0.15) is 37.6 Å². The Morgan fingerprint density at radius 3 is 1.79 bits per heavy atom. The molecule has 1 aromatic carbocycles. The van der Waals surface area contributed by atoms with Gasteiger partial charge in [-0.3, -0.25) is 9.59 Å². The van der Waals surface area contributed by atoms with E-state index in [0.717, 1.165) is 16.0 Å². The highest BCUT2D eigenvalue weighted by molar-refractivity contribution is 6.34. The summed E-state index contributed by atoms with van der Waals surface area (Å²) >= 11 is 0. The van der Waals surface area contributed by atoms with Gasteiger partial charge in [-0.25, -0.2) is 4.90 Å². The summed E-state index contributed by atoms with van der Waals surface area (Å²) in [5.41, 5.74) is 2.59. The third-order valence-corrected chi connectivity index (χ3v) is 3.40. The van der Waals surface area contributed by atoms with E-state index in [-0.39, 0.29) is 17.7 Å². The lowest BCUT2D eigenvalue weighted by Gasteiger charge is -2.09. The molecule has 2 amide bonds. The van der Waals surface area contributed by atoms with Crippen molar-refractivity contribution >= 4 is 17.7 Å². The molecule has 4 nitrogen and oxygen atoms in total. The lowest BCUT2D eigenvalue weighted by molar-refractivity contribution is 0.0919. The van der Waals surface area contributed by atoms with Crippen LogP contribution in [0.4, 0.5) is 5.88 Å². The minimum absolute atomic E-state index is 0.280. The van der Waals surface area contributed by atoms with Gasteiger partial charge < -0.3 is 4.42 Å². The van der Waals surface area contributed by atoms with Crippen LogP contribution in [0.15, 0.2) is 28.7 Å². The maximum atomic E-state index is 12.4. The lowest BCUT2D eigenvalue weighted by Crippen LogP contribution is -2.29. The molecule has 0 bridgehead atoms. The fourth-order valence-electron chi connectivity index (χ4n) is 2.42. The van der Waals surface area contributed by atoms with Crippen LogP contribution in [0.2, 0.25) is 0 Å². The van der Waals surface area contributed by atoms with Crippen LogP contribution in [0.3, 0.4) is 0 Å². The van der Waals surface area contributed by atoms with E-state index in [0.29, 0.717) is 16.9 Å². The average Bonchev–Trinajstić information content (AvgIpc) is 2.87. The van der Waals surface area contributed by atoms with Gasteiger partial charge in [-0.1, -0.05) is 12.1 Å². The molecule has 2 aromatic rings. The number of amides is 2. The van der Waals surface area contributed by atoms with Crippen molar-refractivity contribution < 1.29 is 14.0 Å². The van der Waals surface area contributed by atoms with Crippen molar-refractivity contribution in [1.29, 1.82) is 0 Å². The van der Waals surface area contributed by atoms with Crippen molar-refractivity contribution in [2.75, 3.05) is 4.90 Å². The molecule has 0 radical (unpaired) electrons. The Morgan fingerprint density at radius 1 is 0.842 bits per heavy atom. The number of nitrogens with zero attached hydrogens (tertiary/aromatic N) is 1. The van der Waals surface area contributed by atoms with E-state index in [1.54, 1.807) is 19.1 Å². The van der Waals surface area contributed by atoms with Gasteiger partial charge in [-0.2, -0.15) is 0 Å². The van der Waals surface area contributed by atoms with E-state index in [2.05, 4.69) is 0 Å². The molecule has 0 unspecified atom stereocenters. The van der Waals surface area contributed by atoms with Gasteiger partial charge in [0.1, 0.15) is 5.76 Å². The standard InChI is InChI=1S/C15H13NO3/c1-8-4-5-9(2)13-12(8)14(17)16(15(13)18)11-7-6-10(3)19-11/h4-7H,1-3H3. The predicted molar refractivity (Wildman–Crippen MR) is 70.5 cm³/mol. The third-order valence-electron chi connectivity index (χ3n) is 3.40. The maximum Gasteiger partial charge on any atom is 0.268 e. The van der Waals surface area contributed by atoms with Crippen LogP contribution in [0.25, 0.3) is 0 Å². The van der Waals surface area contributed by atoms with Crippen molar-refractivity contribution in [3.05, 3.63) is 52.3 Å². The molecule has 19 heavy (non-hydrogen) atoms. The second-order valence-electron chi connectivity index (χ2n) is 4.78. The fourth-order valence-corrected chi connectivity index (χ4v) is 2.42. The normalized spacial score (nSPS) is 14.2. The SMILES string of the molecule is Cc1ccc(N2C(=O)c3c(C)ccc(C)c3C2=O)o1. The zero-order valence-electron chi connectivity index (χ0n) is 11.0. The summed E-state index contributed by atoms with van der Waals surface area (Å²) in [7, 11) is 0. The average molecular weight is 255 g/mol. The first-order valence-electron chi connectivity index (χ1n) is 6.06. The van der Waals surface area contributed by atoms with Gasteiger partial charge in [0.25, 0.3) is 11.8 Å². The molecule has 0 fully saturated rings. The Morgan fingerprint density at radius 2 is 1.37 bits per heavy atom. The summed E-state index contributed by atoms with van der Waals surface area (Å²) in [5, 5.41) is 0. The molecule has 0 saturated heterocycles. The van der Waals surface area contributed by atoms with Crippen molar-refractivity contribution in [2.45, 2.75) is 20.8 Å². The first kappa shape index (κ1) is 11.7.